The zero-order chi connectivity index (χ0) is 25.2. The summed E-state index contributed by atoms with van der Waals surface area (Å²) in [6.45, 7) is 6.15. The monoisotopic (exact) mass is 483 g/mol. The van der Waals surface area contributed by atoms with E-state index >= 15 is 4.39 Å². The Kier molecular flexibility index (Phi) is 6.72. The van der Waals surface area contributed by atoms with Crippen LogP contribution in [0.15, 0.2) is 63.1 Å². The van der Waals surface area contributed by atoms with Crippen molar-refractivity contribution in [3.8, 4) is 0 Å². The number of nitrogens with one attached hydrogen (secondary N) is 1. The molecule has 1 amide bonds. The number of alkyl halides is 2. The second-order valence-electron chi connectivity index (χ2n) is 8.11. The number of benzene rings is 2. The molecule has 3 aromatic rings. The number of hydrogen-bond acceptors (Lipinski definition) is 5. The molecule has 0 spiro atoms. The van der Waals surface area contributed by atoms with Crippen LogP contribution in [0.1, 0.15) is 34.8 Å². The van der Waals surface area contributed by atoms with Crippen molar-refractivity contribution in [2.75, 3.05) is 18.4 Å². The van der Waals surface area contributed by atoms with Gasteiger partial charge in [0.1, 0.15) is 17.4 Å². The summed E-state index contributed by atoms with van der Waals surface area (Å²) < 4.78 is 50.4. The van der Waals surface area contributed by atoms with Crippen LogP contribution >= 0.6 is 0 Å². The van der Waals surface area contributed by atoms with Gasteiger partial charge in [-0.2, -0.15) is 4.98 Å². The Labute approximate surface area is 200 Å². The molecule has 1 atom stereocenters. The first-order valence-corrected chi connectivity index (χ1v) is 11.0. The van der Waals surface area contributed by atoms with E-state index in [1.807, 2.05) is 0 Å². The molecule has 7 nitrogen and oxygen atoms in total. The standard InChI is InChI=1S/C25H24F3N5O2/c1-4-12-30-22(29-3)20-16(10-9-15(2)21(20)26)23(34)33-13-11-25(27,28)19(33)14-31-24-32-17-7-5-6-8-18(17)35-24/h4-10,12,19H,3,11,13-14H2,1-2H3,(H,31,32)/b12-4-,30-22-/t19-/m1/s1. The number of aromatic nitrogens is 1. The minimum absolute atomic E-state index is 0.0694. The first-order chi connectivity index (χ1) is 16.8. The van der Waals surface area contributed by atoms with Crippen LogP contribution in [0.2, 0.25) is 0 Å². The summed E-state index contributed by atoms with van der Waals surface area (Å²) in [7, 11) is 0. The van der Waals surface area contributed by atoms with E-state index in [1.165, 1.54) is 25.3 Å². The molecule has 10 heteroatoms. The van der Waals surface area contributed by atoms with Gasteiger partial charge in [-0.1, -0.05) is 24.3 Å². The molecule has 4 rings (SSSR count). The SMILES string of the molecule is C=N/C(=N\C=C/C)c1c(C(=O)N2CCC(F)(F)[C@H]2CNc2nc3ccccc3o2)ccc(C)c1F. The molecule has 0 saturated carbocycles. The molecule has 1 saturated heterocycles. The molecular weight excluding hydrogens is 459 g/mol. The molecular formula is C25H24F3N5O2. The lowest BCUT2D eigenvalue weighted by Gasteiger charge is -2.28. The van der Waals surface area contributed by atoms with E-state index in [1.54, 1.807) is 37.3 Å². The second kappa shape index (κ2) is 9.73. The quantitative estimate of drug-likeness (QED) is 0.385. The van der Waals surface area contributed by atoms with Gasteiger partial charge in [0.05, 0.1) is 11.1 Å². The number of nitrogens with zero attached hydrogens (tertiary/aromatic N) is 4. The summed E-state index contributed by atoms with van der Waals surface area (Å²) in [6, 6.07) is 8.38. The van der Waals surface area contributed by atoms with Crippen LogP contribution in [-0.4, -0.2) is 53.4 Å². The average molecular weight is 483 g/mol. The number of carbonyl (C=O) groups excluding carboxylic acids is 1. The summed E-state index contributed by atoms with van der Waals surface area (Å²) in [5.74, 6) is -4.74. The minimum Gasteiger partial charge on any atom is -0.424 e. The largest absolute Gasteiger partial charge is 0.424 e. The second-order valence-corrected chi connectivity index (χ2v) is 8.11. The summed E-state index contributed by atoms with van der Waals surface area (Å²) in [6.07, 6.45) is 2.47. The van der Waals surface area contributed by atoms with E-state index in [0.29, 0.717) is 11.1 Å². The molecule has 182 valence electrons. The number of amidine groups is 1. The zero-order valence-electron chi connectivity index (χ0n) is 19.3. The Hall–Kier alpha value is -3.95. The van der Waals surface area contributed by atoms with Crippen molar-refractivity contribution in [2.45, 2.75) is 32.2 Å². The van der Waals surface area contributed by atoms with Crippen molar-refractivity contribution in [3.63, 3.8) is 0 Å². The minimum atomic E-state index is -3.17. The van der Waals surface area contributed by atoms with Gasteiger partial charge in [-0.25, -0.2) is 23.2 Å². The van der Waals surface area contributed by atoms with Crippen LogP contribution in [0, 0.1) is 12.7 Å². The van der Waals surface area contributed by atoms with Gasteiger partial charge in [-0.15, -0.1) is 0 Å². The maximum atomic E-state index is 15.1. The summed E-state index contributed by atoms with van der Waals surface area (Å²) >= 11 is 0. The van der Waals surface area contributed by atoms with E-state index in [0.717, 1.165) is 4.90 Å². The molecule has 1 aliphatic heterocycles. The lowest BCUT2D eigenvalue weighted by atomic mass is 10.0. The van der Waals surface area contributed by atoms with E-state index in [2.05, 4.69) is 27.0 Å². The smallest absolute Gasteiger partial charge is 0.295 e. The number of carbonyl (C=O) groups is 1. The van der Waals surface area contributed by atoms with Crippen LogP contribution in [0.4, 0.5) is 19.2 Å². The predicted molar refractivity (Wildman–Crippen MR) is 129 cm³/mol. The van der Waals surface area contributed by atoms with Gasteiger partial charge in [0, 0.05) is 25.7 Å². The molecule has 0 unspecified atom stereocenters. The fourth-order valence-corrected chi connectivity index (χ4v) is 4.02. The van der Waals surface area contributed by atoms with Gasteiger partial charge >= 0.3 is 0 Å². The number of allylic oxidation sites excluding steroid dienone is 1. The van der Waals surface area contributed by atoms with Gasteiger partial charge in [0.15, 0.2) is 11.4 Å². The van der Waals surface area contributed by atoms with Crippen LogP contribution in [0.5, 0.6) is 0 Å². The number of likely N-dealkylation sites (tertiary alicyclic amines) is 1. The van der Waals surface area contributed by atoms with Gasteiger partial charge in [0.2, 0.25) is 0 Å². The van der Waals surface area contributed by atoms with E-state index < -0.39 is 30.1 Å². The molecule has 1 N–H and O–H groups in total. The topological polar surface area (TPSA) is 83.1 Å². The molecule has 1 aliphatic rings. The maximum Gasteiger partial charge on any atom is 0.295 e. The van der Waals surface area contributed by atoms with Crippen molar-refractivity contribution in [3.05, 3.63) is 71.2 Å². The van der Waals surface area contributed by atoms with Crippen LogP contribution in [-0.2, 0) is 0 Å². The number of anilines is 1. The highest BCUT2D eigenvalue weighted by Gasteiger charge is 2.51. The highest BCUT2D eigenvalue weighted by Crippen LogP contribution is 2.36. The first kappa shape index (κ1) is 24.2. The third kappa shape index (κ3) is 4.68. The van der Waals surface area contributed by atoms with E-state index in [9.17, 15) is 13.6 Å². The van der Waals surface area contributed by atoms with Crippen LogP contribution in [0.3, 0.4) is 0 Å². The molecule has 2 heterocycles. The Morgan fingerprint density at radius 3 is 2.83 bits per heavy atom. The van der Waals surface area contributed by atoms with E-state index in [4.69, 9.17) is 4.42 Å². The number of aryl methyl sites for hydroxylation is 1. The Bertz CT molecular complexity index is 1300. The molecule has 0 radical (unpaired) electrons. The maximum absolute atomic E-state index is 15.1. The van der Waals surface area contributed by atoms with Crippen molar-refractivity contribution in [1.29, 1.82) is 0 Å². The molecule has 1 aromatic heterocycles. The highest BCUT2D eigenvalue weighted by molar-refractivity contribution is 6.11. The van der Waals surface area contributed by atoms with Gasteiger partial charge in [0.25, 0.3) is 17.8 Å². The van der Waals surface area contributed by atoms with Crippen molar-refractivity contribution in [1.82, 2.24) is 9.88 Å². The zero-order valence-corrected chi connectivity index (χ0v) is 19.3. The fourth-order valence-electron chi connectivity index (χ4n) is 4.02. The van der Waals surface area contributed by atoms with Gasteiger partial charge in [-0.3, -0.25) is 4.79 Å². The highest BCUT2D eigenvalue weighted by atomic mass is 19.3. The lowest BCUT2D eigenvalue weighted by molar-refractivity contribution is -0.0249. The molecule has 35 heavy (non-hydrogen) atoms. The fraction of sp³-hybridized carbons (Fsp3) is 0.280. The number of halogens is 3. The van der Waals surface area contributed by atoms with Gasteiger partial charge < -0.3 is 14.6 Å². The van der Waals surface area contributed by atoms with Crippen molar-refractivity contribution in [2.24, 2.45) is 9.98 Å². The number of amides is 1. The number of aliphatic imine (C=N–C) groups is 2. The normalized spacial score (nSPS) is 17.9. The van der Waals surface area contributed by atoms with Crippen LogP contribution in [0.25, 0.3) is 11.1 Å². The molecule has 0 bridgehead atoms. The summed E-state index contributed by atoms with van der Waals surface area (Å²) in [5, 5.41) is 2.78. The third-order valence-corrected chi connectivity index (χ3v) is 5.84. The lowest BCUT2D eigenvalue weighted by Crippen LogP contribution is -2.47. The molecule has 1 fully saturated rings. The van der Waals surface area contributed by atoms with Gasteiger partial charge in [-0.05, 0) is 44.3 Å². The van der Waals surface area contributed by atoms with Crippen molar-refractivity contribution >= 4 is 35.6 Å². The van der Waals surface area contributed by atoms with Crippen molar-refractivity contribution < 1.29 is 22.4 Å². The number of fused-ring (bicyclic) bond motifs is 1. The number of rotatable bonds is 6. The summed E-state index contributed by atoms with van der Waals surface area (Å²) in [4.78, 5) is 26.6. The van der Waals surface area contributed by atoms with Crippen LogP contribution < -0.4 is 5.32 Å². The predicted octanol–water partition coefficient (Wildman–Crippen LogP) is 5.22. The average Bonchev–Trinajstić information content (AvgIpc) is 3.39. The number of oxazole rings is 1. The Morgan fingerprint density at radius 1 is 1.34 bits per heavy atom. The Morgan fingerprint density at radius 2 is 2.11 bits per heavy atom. The summed E-state index contributed by atoms with van der Waals surface area (Å²) in [5.41, 5.74) is 1.04. The third-order valence-electron chi connectivity index (χ3n) is 5.84. The molecule has 0 aliphatic carbocycles. The first-order valence-electron chi connectivity index (χ1n) is 11.0. The Balaban J connectivity index is 1.66. The number of hydrogen-bond donors (Lipinski definition) is 1. The van der Waals surface area contributed by atoms with E-state index in [-0.39, 0.29) is 41.6 Å². The molecule has 2 aromatic carbocycles. The number of para-hydroxylation sites is 2.